The first-order valence-electron chi connectivity index (χ1n) is 4.24. The summed E-state index contributed by atoms with van der Waals surface area (Å²) in [5, 5.41) is 3.15. The molecule has 1 heterocycles. The zero-order valence-corrected chi connectivity index (χ0v) is 10.8. The zero-order chi connectivity index (χ0) is 10.7. The molecule has 0 aliphatic heterocycles. The SMILES string of the molecule is Brc1cccc(Nc2cnc(Br)cn2)c1. The highest BCUT2D eigenvalue weighted by Gasteiger charge is 1.97. The number of aromatic nitrogens is 2. The number of hydrogen-bond donors (Lipinski definition) is 1. The first-order chi connectivity index (χ1) is 7.24. The Morgan fingerprint density at radius 1 is 1.07 bits per heavy atom. The third-order valence-corrected chi connectivity index (χ3v) is 2.62. The standard InChI is InChI=1S/C10H7Br2N3/c11-7-2-1-3-8(4-7)15-10-6-13-9(12)5-14-10/h1-6H,(H,14,15). The number of nitrogens with one attached hydrogen (secondary N) is 1. The number of halogens is 2. The number of rotatable bonds is 2. The van der Waals surface area contributed by atoms with E-state index in [9.17, 15) is 0 Å². The smallest absolute Gasteiger partial charge is 0.148 e. The van der Waals surface area contributed by atoms with Crippen molar-refractivity contribution in [3.05, 3.63) is 45.7 Å². The average Bonchev–Trinajstić information content (AvgIpc) is 2.22. The summed E-state index contributed by atoms with van der Waals surface area (Å²) >= 11 is 6.64. The Bertz CT molecular complexity index is 456. The molecule has 15 heavy (non-hydrogen) atoms. The summed E-state index contributed by atoms with van der Waals surface area (Å²) < 4.78 is 1.75. The molecule has 0 spiro atoms. The summed E-state index contributed by atoms with van der Waals surface area (Å²) in [6.45, 7) is 0. The fourth-order valence-corrected chi connectivity index (χ4v) is 1.69. The lowest BCUT2D eigenvalue weighted by atomic mass is 10.3. The van der Waals surface area contributed by atoms with Crippen molar-refractivity contribution in [1.29, 1.82) is 0 Å². The summed E-state index contributed by atoms with van der Waals surface area (Å²) in [6, 6.07) is 7.87. The third kappa shape index (κ3) is 3.00. The number of hydrogen-bond acceptors (Lipinski definition) is 3. The van der Waals surface area contributed by atoms with Crippen LogP contribution in [0.4, 0.5) is 11.5 Å². The fourth-order valence-electron chi connectivity index (χ4n) is 1.09. The molecule has 0 aliphatic rings. The van der Waals surface area contributed by atoms with Crippen molar-refractivity contribution in [2.75, 3.05) is 5.32 Å². The van der Waals surface area contributed by atoms with Crippen molar-refractivity contribution in [1.82, 2.24) is 9.97 Å². The minimum absolute atomic E-state index is 0.719. The van der Waals surface area contributed by atoms with Gasteiger partial charge in [0.2, 0.25) is 0 Å². The highest BCUT2D eigenvalue weighted by atomic mass is 79.9. The van der Waals surface area contributed by atoms with Crippen molar-refractivity contribution < 1.29 is 0 Å². The van der Waals surface area contributed by atoms with Gasteiger partial charge in [0.05, 0.1) is 12.4 Å². The van der Waals surface area contributed by atoms with E-state index in [0.717, 1.165) is 20.6 Å². The minimum atomic E-state index is 0.719. The van der Waals surface area contributed by atoms with E-state index >= 15 is 0 Å². The van der Waals surface area contributed by atoms with Gasteiger partial charge in [0.15, 0.2) is 0 Å². The lowest BCUT2D eigenvalue weighted by Gasteiger charge is -2.04. The van der Waals surface area contributed by atoms with Crippen molar-refractivity contribution in [2.24, 2.45) is 0 Å². The summed E-state index contributed by atoms with van der Waals surface area (Å²) in [4.78, 5) is 8.25. The molecule has 0 unspecified atom stereocenters. The van der Waals surface area contributed by atoms with Gasteiger partial charge < -0.3 is 5.32 Å². The Morgan fingerprint density at radius 2 is 1.93 bits per heavy atom. The quantitative estimate of drug-likeness (QED) is 0.912. The Labute approximate surface area is 104 Å². The van der Waals surface area contributed by atoms with Crippen LogP contribution in [-0.4, -0.2) is 9.97 Å². The van der Waals surface area contributed by atoms with Gasteiger partial charge in [-0.1, -0.05) is 22.0 Å². The molecule has 1 N–H and O–H groups in total. The summed E-state index contributed by atoms with van der Waals surface area (Å²) in [5.74, 6) is 0.719. The largest absolute Gasteiger partial charge is 0.339 e. The maximum absolute atomic E-state index is 4.17. The van der Waals surface area contributed by atoms with E-state index in [-0.39, 0.29) is 0 Å². The molecule has 2 aromatic rings. The maximum atomic E-state index is 4.17. The molecular formula is C10H7Br2N3. The molecule has 0 aliphatic carbocycles. The summed E-state index contributed by atoms with van der Waals surface area (Å²) in [6.07, 6.45) is 3.32. The van der Waals surface area contributed by atoms with Crippen molar-refractivity contribution in [3.8, 4) is 0 Å². The number of anilines is 2. The normalized spacial score (nSPS) is 10.0. The van der Waals surface area contributed by atoms with E-state index in [0.29, 0.717) is 0 Å². The van der Waals surface area contributed by atoms with Gasteiger partial charge >= 0.3 is 0 Å². The van der Waals surface area contributed by atoms with Crippen LogP contribution in [0.15, 0.2) is 45.7 Å². The molecule has 3 nitrogen and oxygen atoms in total. The van der Waals surface area contributed by atoms with Crippen LogP contribution in [0.25, 0.3) is 0 Å². The topological polar surface area (TPSA) is 37.8 Å². The fraction of sp³-hybridized carbons (Fsp3) is 0. The van der Waals surface area contributed by atoms with Crippen LogP contribution < -0.4 is 5.32 Å². The van der Waals surface area contributed by atoms with Gasteiger partial charge in [0, 0.05) is 10.2 Å². The molecule has 2 rings (SSSR count). The van der Waals surface area contributed by atoms with Gasteiger partial charge in [-0.05, 0) is 34.1 Å². The van der Waals surface area contributed by atoms with E-state index in [2.05, 4.69) is 47.1 Å². The van der Waals surface area contributed by atoms with Gasteiger partial charge in [-0.3, -0.25) is 0 Å². The summed E-state index contributed by atoms with van der Waals surface area (Å²) in [7, 11) is 0. The minimum Gasteiger partial charge on any atom is -0.339 e. The molecule has 0 amide bonds. The molecular weight excluding hydrogens is 322 g/mol. The van der Waals surface area contributed by atoms with Crippen LogP contribution in [0.3, 0.4) is 0 Å². The lowest BCUT2D eigenvalue weighted by molar-refractivity contribution is 1.16. The third-order valence-electron chi connectivity index (χ3n) is 1.72. The molecule has 1 aromatic carbocycles. The molecule has 1 aromatic heterocycles. The first kappa shape index (κ1) is 10.6. The Morgan fingerprint density at radius 3 is 2.60 bits per heavy atom. The predicted octanol–water partition coefficient (Wildman–Crippen LogP) is 3.75. The Hall–Kier alpha value is -0.940. The van der Waals surface area contributed by atoms with Crippen LogP contribution >= 0.6 is 31.9 Å². The Kier molecular flexibility index (Phi) is 3.33. The van der Waals surface area contributed by atoms with Crippen LogP contribution in [0.1, 0.15) is 0 Å². The van der Waals surface area contributed by atoms with Crippen LogP contribution in [0.5, 0.6) is 0 Å². The second kappa shape index (κ2) is 4.72. The van der Waals surface area contributed by atoms with Crippen LogP contribution in [-0.2, 0) is 0 Å². The molecule has 0 fully saturated rings. The molecule has 0 bridgehead atoms. The second-order valence-electron chi connectivity index (χ2n) is 2.86. The molecule has 0 atom stereocenters. The number of nitrogens with zero attached hydrogens (tertiary/aromatic N) is 2. The van der Waals surface area contributed by atoms with Crippen molar-refractivity contribution >= 4 is 43.4 Å². The molecule has 0 saturated carbocycles. The van der Waals surface area contributed by atoms with Crippen molar-refractivity contribution in [2.45, 2.75) is 0 Å². The van der Waals surface area contributed by atoms with Crippen molar-refractivity contribution in [3.63, 3.8) is 0 Å². The lowest BCUT2D eigenvalue weighted by Crippen LogP contribution is -1.93. The monoisotopic (exact) mass is 327 g/mol. The van der Waals surface area contributed by atoms with Gasteiger partial charge in [-0.15, -0.1) is 0 Å². The maximum Gasteiger partial charge on any atom is 0.148 e. The zero-order valence-electron chi connectivity index (χ0n) is 7.61. The summed E-state index contributed by atoms with van der Waals surface area (Å²) in [5.41, 5.74) is 0.973. The second-order valence-corrected chi connectivity index (χ2v) is 4.59. The van der Waals surface area contributed by atoms with Gasteiger partial charge in [0.1, 0.15) is 10.4 Å². The van der Waals surface area contributed by atoms with Gasteiger partial charge in [0.25, 0.3) is 0 Å². The van der Waals surface area contributed by atoms with Gasteiger partial charge in [-0.2, -0.15) is 0 Å². The molecule has 0 radical (unpaired) electrons. The highest BCUT2D eigenvalue weighted by Crippen LogP contribution is 2.19. The Balaban J connectivity index is 2.18. The van der Waals surface area contributed by atoms with E-state index in [1.165, 1.54) is 0 Å². The van der Waals surface area contributed by atoms with E-state index in [1.54, 1.807) is 12.4 Å². The highest BCUT2D eigenvalue weighted by molar-refractivity contribution is 9.10. The van der Waals surface area contributed by atoms with E-state index in [4.69, 9.17) is 0 Å². The van der Waals surface area contributed by atoms with Gasteiger partial charge in [-0.25, -0.2) is 9.97 Å². The predicted molar refractivity (Wildman–Crippen MR) is 67.2 cm³/mol. The molecule has 5 heteroatoms. The van der Waals surface area contributed by atoms with E-state index in [1.807, 2.05) is 24.3 Å². The number of benzene rings is 1. The van der Waals surface area contributed by atoms with Crippen LogP contribution in [0.2, 0.25) is 0 Å². The van der Waals surface area contributed by atoms with E-state index < -0.39 is 0 Å². The molecule has 0 saturated heterocycles. The first-order valence-corrected chi connectivity index (χ1v) is 5.83. The average molecular weight is 329 g/mol. The molecule has 76 valence electrons. The van der Waals surface area contributed by atoms with Crippen LogP contribution in [0, 0.1) is 0 Å².